The highest BCUT2D eigenvalue weighted by molar-refractivity contribution is 7.23. The van der Waals surface area contributed by atoms with Crippen molar-refractivity contribution in [2.24, 2.45) is 0 Å². The van der Waals surface area contributed by atoms with Crippen molar-refractivity contribution in [3.63, 3.8) is 0 Å². The number of rotatable bonds is 4. The normalized spacial score (nSPS) is 11.0. The molecule has 0 bridgehead atoms. The van der Waals surface area contributed by atoms with Gasteiger partial charge < -0.3 is 0 Å². The largest absolute Gasteiger partial charge is 0.279 e. The maximum Gasteiger partial charge on any atom is 0.260 e. The van der Waals surface area contributed by atoms with Crippen molar-refractivity contribution in [3.8, 4) is 0 Å². The third-order valence-electron chi connectivity index (χ3n) is 4.96. The lowest BCUT2D eigenvalue weighted by atomic mass is 10.0. The summed E-state index contributed by atoms with van der Waals surface area (Å²) in [6.45, 7) is 6.46. The van der Waals surface area contributed by atoms with Crippen molar-refractivity contribution in [2.45, 2.75) is 27.3 Å². The number of hydrogen-bond acceptors (Lipinski definition) is 3. The van der Waals surface area contributed by atoms with Gasteiger partial charge in [0, 0.05) is 5.56 Å². The number of thiazole rings is 1. The molecule has 0 unspecified atom stereocenters. The second kappa shape index (κ2) is 7.97. The topological polar surface area (TPSA) is 33.2 Å². The van der Waals surface area contributed by atoms with Crippen molar-refractivity contribution in [1.82, 2.24) is 4.98 Å². The summed E-state index contributed by atoms with van der Waals surface area (Å²) in [6, 6.07) is 19.7. The highest BCUT2D eigenvalue weighted by Gasteiger charge is 2.24. The maximum atomic E-state index is 13.6. The molecule has 3 aromatic carbocycles. The molecule has 0 aliphatic rings. The fourth-order valence-electron chi connectivity index (χ4n) is 3.40. The van der Waals surface area contributed by atoms with Crippen LogP contribution in [0.3, 0.4) is 0 Å². The molecule has 4 aromatic rings. The number of carbonyl (C=O) groups excluding carboxylic acids is 1. The number of halogens is 1. The Labute approximate surface area is 179 Å². The number of fused-ring (bicyclic) bond motifs is 1. The molecule has 1 aromatic heterocycles. The minimum Gasteiger partial charge on any atom is -0.279 e. The van der Waals surface area contributed by atoms with Crippen LogP contribution in [0.1, 0.15) is 32.6 Å². The van der Waals surface area contributed by atoms with Gasteiger partial charge in [0.15, 0.2) is 5.13 Å². The fourth-order valence-corrected chi connectivity index (χ4v) is 4.71. The number of hydrogen-bond donors (Lipinski definition) is 0. The molecule has 29 heavy (non-hydrogen) atoms. The first-order chi connectivity index (χ1) is 13.9. The SMILES string of the molecule is Cc1ccc(C(=O)N(Cc2ccccc2)c2nc3c(C)ccc(Cl)c3s2)c(C)c1. The van der Waals surface area contributed by atoms with Crippen LogP contribution in [-0.4, -0.2) is 10.9 Å². The molecule has 1 heterocycles. The predicted molar refractivity (Wildman–Crippen MR) is 122 cm³/mol. The van der Waals surface area contributed by atoms with Crippen LogP contribution in [0.25, 0.3) is 10.2 Å². The second-order valence-corrected chi connectivity index (χ2v) is 8.62. The number of amides is 1. The summed E-state index contributed by atoms with van der Waals surface area (Å²) in [7, 11) is 0. The van der Waals surface area contributed by atoms with Crippen molar-refractivity contribution >= 4 is 44.2 Å². The van der Waals surface area contributed by atoms with Crippen molar-refractivity contribution in [1.29, 1.82) is 0 Å². The Bertz CT molecular complexity index is 1160. The Hall–Kier alpha value is -2.69. The van der Waals surface area contributed by atoms with Gasteiger partial charge >= 0.3 is 0 Å². The third kappa shape index (κ3) is 3.91. The van der Waals surface area contributed by atoms with Gasteiger partial charge in [0.1, 0.15) is 0 Å². The molecule has 0 radical (unpaired) electrons. The fraction of sp³-hybridized carbons (Fsp3) is 0.167. The van der Waals surface area contributed by atoms with E-state index in [0.717, 1.165) is 32.5 Å². The smallest absolute Gasteiger partial charge is 0.260 e. The summed E-state index contributed by atoms with van der Waals surface area (Å²) in [5.41, 5.74) is 5.73. The number of nitrogens with zero attached hydrogens (tertiary/aromatic N) is 2. The standard InChI is InChI=1S/C24H21ClN2OS/c1-15-9-11-19(17(3)13-15)23(28)27(14-18-7-5-4-6-8-18)24-26-21-16(2)10-12-20(25)22(21)29-24/h4-13H,14H2,1-3H3. The highest BCUT2D eigenvalue weighted by atomic mass is 35.5. The zero-order chi connectivity index (χ0) is 20.5. The minimum absolute atomic E-state index is 0.0563. The lowest BCUT2D eigenvalue weighted by Gasteiger charge is -2.21. The molecule has 3 nitrogen and oxygen atoms in total. The summed E-state index contributed by atoms with van der Waals surface area (Å²) < 4.78 is 0.910. The number of carbonyl (C=O) groups is 1. The van der Waals surface area contributed by atoms with E-state index < -0.39 is 0 Å². The van der Waals surface area contributed by atoms with Gasteiger partial charge in [-0.05, 0) is 49.6 Å². The van der Waals surface area contributed by atoms with Crippen molar-refractivity contribution < 1.29 is 4.79 Å². The minimum atomic E-state index is -0.0563. The second-order valence-electron chi connectivity index (χ2n) is 7.23. The molecule has 4 rings (SSSR count). The van der Waals surface area contributed by atoms with Crippen LogP contribution in [0.2, 0.25) is 5.02 Å². The van der Waals surface area contributed by atoms with Gasteiger partial charge in [-0.25, -0.2) is 4.98 Å². The summed E-state index contributed by atoms with van der Waals surface area (Å²) in [5.74, 6) is -0.0563. The molecule has 0 aliphatic carbocycles. The van der Waals surface area contributed by atoms with E-state index in [2.05, 4.69) is 0 Å². The molecule has 0 fully saturated rings. The van der Waals surface area contributed by atoms with Crippen LogP contribution < -0.4 is 4.90 Å². The molecule has 0 saturated carbocycles. The number of benzene rings is 3. The molecule has 0 N–H and O–H groups in total. The quantitative estimate of drug-likeness (QED) is 0.367. The van der Waals surface area contributed by atoms with Crippen LogP contribution >= 0.6 is 22.9 Å². The molecular weight excluding hydrogens is 400 g/mol. The van der Waals surface area contributed by atoms with E-state index in [1.54, 1.807) is 4.90 Å². The molecule has 146 valence electrons. The van der Waals surface area contributed by atoms with E-state index in [9.17, 15) is 4.79 Å². The van der Waals surface area contributed by atoms with Crippen molar-refractivity contribution in [2.75, 3.05) is 4.90 Å². The van der Waals surface area contributed by atoms with E-state index >= 15 is 0 Å². The Kier molecular flexibility index (Phi) is 5.39. The average Bonchev–Trinajstić information content (AvgIpc) is 3.16. The molecule has 1 amide bonds. The van der Waals surface area contributed by atoms with Gasteiger partial charge in [-0.15, -0.1) is 0 Å². The Morgan fingerprint density at radius 1 is 1.00 bits per heavy atom. The first kappa shape index (κ1) is 19.6. The van der Waals surface area contributed by atoms with Gasteiger partial charge in [0.05, 0.1) is 21.8 Å². The number of aromatic nitrogens is 1. The molecule has 5 heteroatoms. The Balaban J connectivity index is 1.83. The monoisotopic (exact) mass is 420 g/mol. The lowest BCUT2D eigenvalue weighted by molar-refractivity contribution is 0.0984. The first-order valence-electron chi connectivity index (χ1n) is 9.42. The van der Waals surface area contributed by atoms with Gasteiger partial charge in [-0.2, -0.15) is 0 Å². The van der Waals surface area contributed by atoms with Crippen LogP contribution in [0, 0.1) is 20.8 Å². The van der Waals surface area contributed by atoms with Crippen LogP contribution in [0.4, 0.5) is 5.13 Å². The Morgan fingerprint density at radius 2 is 1.76 bits per heavy atom. The van der Waals surface area contributed by atoms with E-state index in [4.69, 9.17) is 16.6 Å². The van der Waals surface area contributed by atoms with E-state index in [-0.39, 0.29) is 5.91 Å². The van der Waals surface area contributed by atoms with E-state index in [1.807, 2.05) is 81.4 Å². The summed E-state index contributed by atoms with van der Waals surface area (Å²) in [4.78, 5) is 20.1. The summed E-state index contributed by atoms with van der Waals surface area (Å²) in [6.07, 6.45) is 0. The zero-order valence-electron chi connectivity index (χ0n) is 16.6. The first-order valence-corrected chi connectivity index (χ1v) is 10.6. The molecular formula is C24H21ClN2OS. The van der Waals surface area contributed by atoms with E-state index in [0.29, 0.717) is 22.3 Å². The van der Waals surface area contributed by atoms with Gasteiger partial charge in [-0.1, -0.05) is 77.0 Å². The van der Waals surface area contributed by atoms with Crippen LogP contribution in [0.15, 0.2) is 60.7 Å². The molecule has 0 atom stereocenters. The molecule has 0 saturated heterocycles. The van der Waals surface area contributed by atoms with E-state index in [1.165, 1.54) is 11.3 Å². The molecule has 0 aliphatic heterocycles. The van der Waals surface area contributed by atoms with Gasteiger partial charge in [0.2, 0.25) is 0 Å². The predicted octanol–water partition coefficient (Wildman–Crippen LogP) is 6.72. The van der Waals surface area contributed by atoms with Crippen molar-refractivity contribution in [3.05, 3.63) is 93.5 Å². The third-order valence-corrected chi connectivity index (χ3v) is 6.50. The number of aryl methyl sites for hydroxylation is 3. The summed E-state index contributed by atoms with van der Waals surface area (Å²) in [5, 5.41) is 1.32. The van der Waals surface area contributed by atoms with Crippen LogP contribution in [0.5, 0.6) is 0 Å². The maximum absolute atomic E-state index is 13.6. The van der Waals surface area contributed by atoms with Crippen LogP contribution in [-0.2, 0) is 6.54 Å². The zero-order valence-corrected chi connectivity index (χ0v) is 18.1. The highest BCUT2D eigenvalue weighted by Crippen LogP contribution is 2.36. The van der Waals surface area contributed by atoms with Gasteiger partial charge in [-0.3, -0.25) is 9.69 Å². The average molecular weight is 421 g/mol. The Morgan fingerprint density at radius 3 is 2.45 bits per heavy atom. The summed E-state index contributed by atoms with van der Waals surface area (Å²) >= 11 is 7.87. The lowest BCUT2D eigenvalue weighted by Crippen LogP contribution is -2.31. The molecule has 0 spiro atoms. The number of anilines is 1. The van der Waals surface area contributed by atoms with Gasteiger partial charge in [0.25, 0.3) is 5.91 Å².